The van der Waals surface area contributed by atoms with Crippen LogP contribution >= 0.6 is 0 Å². The summed E-state index contributed by atoms with van der Waals surface area (Å²) in [6.45, 7) is 3.65. The molecule has 1 heterocycles. The Kier molecular flexibility index (Phi) is 5.44. The summed E-state index contributed by atoms with van der Waals surface area (Å²) in [5.74, 6) is -0.380. The quantitative estimate of drug-likeness (QED) is 0.469. The van der Waals surface area contributed by atoms with Gasteiger partial charge >= 0.3 is 6.16 Å². The molecule has 28 heavy (non-hydrogen) atoms. The van der Waals surface area contributed by atoms with Crippen LogP contribution in [-0.2, 0) is 9.47 Å². The Balaban J connectivity index is 2.26. The average Bonchev–Trinajstić information content (AvgIpc) is 2.70. The molecule has 0 spiro atoms. The number of nitro groups is 1. The lowest BCUT2D eigenvalue weighted by molar-refractivity contribution is -0.385. The number of hydrogen-bond donors (Lipinski definition) is 1. The molecule has 0 radical (unpaired) electrons. The van der Waals surface area contributed by atoms with E-state index < -0.39 is 17.0 Å². The smallest absolute Gasteiger partial charge is 0.437 e. The zero-order chi connectivity index (χ0) is 20.3. The number of nitrogens with one attached hydrogen (secondary N) is 1. The fourth-order valence-corrected chi connectivity index (χ4v) is 3.44. The van der Waals surface area contributed by atoms with Crippen LogP contribution in [0.3, 0.4) is 0 Å². The molecule has 0 amide bonds. The summed E-state index contributed by atoms with van der Waals surface area (Å²) >= 11 is 0. The van der Waals surface area contributed by atoms with Crippen molar-refractivity contribution in [3.05, 3.63) is 93.0 Å². The van der Waals surface area contributed by atoms with Crippen LogP contribution in [0.15, 0.2) is 71.8 Å². The van der Waals surface area contributed by atoms with Gasteiger partial charge in [0.15, 0.2) is 0 Å². The molecule has 1 atom stereocenters. The molecular weight excluding hydrogens is 360 g/mol. The first-order valence-corrected chi connectivity index (χ1v) is 8.67. The Bertz CT molecular complexity index is 979. The summed E-state index contributed by atoms with van der Waals surface area (Å²) in [7, 11) is 1.22. The van der Waals surface area contributed by atoms with Crippen LogP contribution in [0.1, 0.15) is 30.9 Å². The second-order valence-electron chi connectivity index (χ2n) is 6.32. The van der Waals surface area contributed by atoms with Crippen molar-refractivity contribution >= 4 is 17.4 Å². The number of ether oxygens (including phenoxy) is 2. The van der Waals surface area contributed by atoms with E-state index in [1.54, 1.807) is 25.1 Å². The van der Waals surface area contributed by atoms with E-state index in [1.807, 2.05) is 37.3 Å². The molecule has 1 aliphatic rings. The van der Waals surface area contributed by atoms with E-state index in [-0.39, 0.29) is 11.4 Å². The molecule has 3 rings (SSSR count). The number of para-hydroxylation sites is 1. The number of allylic oxidation sites excluding steroid dienone is 3. The molecule has 0 saturated carbocycles. The van der Waals surface area contributed by atoms with Crippen molar-refractivity contribution in [2.75, 3.05) is 7.11 Å². The summed E-state index contributed by atoms with van der Waals surface area (Å²) in [5.41, 5.74) is 3.46. The maximum absolute atomic E-state index is 11.9. The monoisotopic (exact) mass is 380 g/mol. The van der Waals surface area contributed by atoms with Crippen LogP contribution in [0.2, 0.25) is 0 Å². The predicted molar refractivity (Wildman–Crippen MR) is 104 cm³/mol. The lowest BCUT2D eigenvalue weighted by Crippen LogP contribution is -2.26. The highest BCUT2D eigenvalue weighted by Crippen LogP contribution is 2.46. The van der Waals surface area contributed by atoms with Gasteiger partial charge in [0.2, 0.25) is 0 Å². The van der Waals surface area contributed by atoms with Crippen LogP contribution in [0, 0.1) is 10.1 Å². The van der Waals surface area contributed by atoms with Crippen LogP contribution in [-0.4, -0.2) is 18.2 Å². The van der Waals surface area contributed by atoms with E-state index in [1.165, 1.54) is 13.2 Å². The highest BCUT2D eigenvalue weighted by molar-refractivity contribution is 5.80. The summed E-state index contributed by atoms with van der Waals surface area (Å²) < 4.78 is 10.1. The molecule has 0 aliphatic carbocycles. The Morgan fingerprint density at radius 3 is 2.32 bits per heavy atom. The maximum Gasteiger partial charge on any atom is 0.513 e. The van der Waals surface area contributed by atoms with Gasteiger partial charge in [-0.15, -0.1) is 0 Å². The lowest BCUT2D eigenvalue weighted by Gasteiger charge is -2.31. The van der Waals surface area contributed by atoms with Gasteiger partial charge in [-0.25, -0.2) is 4.79 Å². The largest absolute Gasteiger partial charge is 0.513 e. The number of benzene rings is 2. The molecule has 1 N–H and O–H groups in total. The Hall–Kier alpha value is -3.61. The predicted octanol–water partition coefficient (Wildman–Crippen LogP) is 4.73. The normalized spacial score (nSPS) is 16.5. The number of carbonyl (C=O) groups excluding carboxylic acids is 1. The number of nitro benzene ring substituents is 1. The number of nitrogens with zero attached hydrogens (tertiary/aromatic N) is 1. The van der Waals surface area contributed by atoms with E-state index in [0.717, 1.165) is 16.8 Å². The highest BCUT2D eigenvalue weighted by atomic mass is 16.7. The SMILES string of the molecule is COC(=O)OC1=C(C)NC(C)=C(c2ccccc2)C1c1ccccc1[N+](=O)[O-]. The molecular formula is C21H20N2O5. The van der Waals surface area contributed by atoms with Crippen LogP contribution in [0.5, 0.6) is 0 Å². The molecule has 0 bridgehead atoms. The topological polar surface area (TPSA) is 90.7 Å². The van der Waals surface area contributed by atoms with Gasteiger partial charge in [0.05, 0.1) is 23.6 Å². The number of hydrogen-bond acceptors (Lipinski definition) is 6. The summed E-state index contributed by atoms with van der Waals surface area (Å²) in [6, 6.07) is 16.0. The third-order valence-electron chi connectivity index (χ3n) is 4.59. The van der Waals surface area contributed by atoms with Gasteiger partial charge in [-0.3, -0.25) is 10.1 Å². The van der Waals surface area contributed by atoms with Gasteiger partial charge in [-0.2, -0.15) is 0 Å². The molecule has 1 unspecified atom stereocenters. The van der Waals surface area contributed by atoms with E-state index in [2.05, 4.69) is 10.1 Å². The fraction of sp³-hybridized carbons (Fsp3) is 0.190. The van der Waals surface area contributed by atoms with Crippen LogP contribution in [0.4, 0.5) is 10.5 Å². The third-order valence-corrected chi connectivity index (χ3v) is 4.59. The molecule has 2 aromatic carbocycles. The minimum absolute atomic E-state index is 0.0469. The Morgan fingerprint density at radius 1 is 1.04 bits per heavy atom. The zero-order valence-corrected chi connectivity index (χ0v) is 15.8. The molecule has 7 heteroatoms. The van der Waals surface area contributed by atoms with Gasteiger partial charge < -0.3 is 14.8 Å². The van der Waals surface area contributed by atoms with Crippen molar-refractivity contribution in [3.8, 4) is 0 Å². The number of methoxy groups -OCH3 is 1. The van der Waals surface area contributed by atoms with Crippen molar-refractivity contribution < 1.29 is 19.2 Å². The zero-order valence-electron chi connectivity index (χ0n) is 15.8. The number of dihydropyridines is 1. The van der Waals surface area contributed by atoms with Gasteiger partial charge in [0.1, 0.15) is 5.76 Å². The Morgan fingerprint density at radius 2 is 1.68 bits per heavy atom. The Labute approximate surface area is 162 Å². The minimum atomic E-state index is -0.883. The van der Waals surface area contributed by atoms with Crippen LogP contribution < -0.4 is 5.32 Å². The van der Waals surface area contributed by atoms with Crippen molar-refractivity contribution in [1.29, 1.82) is 0 Å². The average molecular weight is 380 g/mol. The van der Waals surface area contributed by atoms with Gasteiger partial charge in [0, 0.05) is 17.3 Å². The molecule has 0 aromatic heterocycles. The van der Waals surface area contributed by atoms with Gasteiger partial charge in [-0.1, -0.05) is 48.5 Å². The molecule has 0 saturated heterocycles. The van der Waals surface area contributed by atoms with E-state index in [9.17, 15) is 14.9 Å². The van der Waals surface area contributed by atoms with Crippen molar-refractivity contribution in [2.45, 2.75) is 19.8 Å². The second kappa shape index (κ2) is 7.96. The molecule has 0 fully saturated rings. The first kappa shape index (κ1) is 19.2. The minimum Gasteiger partial charge on any atom is -0.437 e. The fourth-order valence-electron chi connectivity index (χ4n) is 3.44. The lowest BCUT2D eigenvalue weighted by atomic mass is 9.81. The maximum atomic E-state index is 11.9. The highest BCUT2D eigenvalue weighted by Gasteiger charge is 2.36. The van der Waals surface area contributed by atoms with Crippen molar-refractivity contribution in [1.82, 2.24) is 5.32 Å². The molecule has 1 aliphatic heterocycles. The third kappa shape index (κ3) is 3.59. The first-order chi connectivity index (χ1) is 13.4. The van der Waals surface area contributed by atoms with Crippen molar-refractivity contribution in [3.63, 3.8) is 0 Å². The van der Waals surface area contributed by atoms with E-state index in [4.69, 9.17) is 4.74 Å². The number of carbonyl (C=O) groups is 1. The summed E-state index contributed by atoms with van der Waals surface area (Å²) in [4.78, 5) is 23.1. The van der Waals surface area contributed by atoms with E-state index >= 15 is 0 Å². The number of rotatable bonds is 4. The standard InChI is InChI=1S/C21H20N2O5/c1-13-18(15-9-5-4-6-10-15)19(16-11-7-8-12-17(16)23(25)26)20(14(2)22-13)28-21(24)27-3/h4-12,19,22H,1-3H3. The van der Waals surface area contributed by atoms with Crippen LogP contribution in [0.25, 0.3) is 5.57 Å². The molecule has 2 aromatic rings. The molecule has 7 nitrogen and oxygen atoms in total. The van der Waals surface area contributed by atoms with E-state index in [0.29, 0.717) is 11.3 Å². The summed E-state index contributed by atoms with van der Waals surface area (Å²) in [5, 5.41) is 14.9. The van der Waals surface area contributed by atoms with Gasteiger partial charge in [-0.05, 0) is 25.0 Å². The van der Waals surface area contributed by atoms with Gasteiger partial charge in [0.25, 0.3) is 5.69 Å². The summed E-state index contributed by atoms with van der Waals surface area (Å²) in [6.07, 6.45) is -0.883. The van der Waals surface area contributed by atoms with Crippen molar-refractivity contribution in [2.24, 2.45) is 0 Å². The second-order valence-corrected chi connectivity index (χ2v) is 6.32. The molecule has 144 valence electrons. The first-order valence-electron chi connectivity index (χ1n) is 8.67.